The number of fused-ring (bicyclic) bond motifs is 2. The van der Waals surface area contributed by atoms with Gasteiger partial charge in [0.2, 0.25) is 0 Å². The highest BCUT2D eigenvalue weighted by molar-refractivity contribution is 5.83. The Kier molecular flexibility index (Phi) is 2.29. The van der Waals surface area contributed by atoms with Crippen molar-refractivity contribution in [2.24, 2.45) is 0 Å². The van der Waals surface area contributed by atoms with E-state index in [1.165, 1.54) is 12.3 Å². The van der Waals surface area contributed by atoms with Crippen LogP contribution in [-0.4, -0.2) is 14.7 Å². The number of nitrogens with zero attached hydrogens (tertiary/aromatic N) is 2. The standard InChI is InChI=1S/C15H13FN2O2/c16-12-4-1-3-10-11(8-20-14(10)12)15(19)5-2-6-18-9-17-7-13(15)18/h1,3-4,7-9,19H,2,5-6H2. The molecule has 3 heterocycles. The molecule has 0 aliphatic carbocycles. The number of aryl methyl sites for hydroxylation is 1. The average Bonchev–Trinajstić information content (AvgIpc) is 3.06. The number of imidazole rings is 1. The molecular weight excluding hydrogens is 259 g/mol. The number of halogens is 1. The smallest absolute Gasteiger partial charge is 0.169 e. The molecule has 4 nitrogen and oxygen atoms in total. The van der Waals surface area contributed by atoms with Crippen molar-refractivity contribution >= 4 is 11.0 Å². The molecule has 1 unspecified atom stereocenters. The zero-order valence-corrected chi connectivity index (χ0v) is 10.7. The topological polar surface area (TPSA) is 51.2 Å². The van der Waals surface area contributed by atoms with Crippen molar-refractivity contribution in [2.45, 2.75) is 25.0 Å². The quantitative estimate of drug-likeness (QED) is 0.741. The molecule has 102 valence electrons. The second kappa shape index (κ2) is 3.93. The molecule has 0 fully saturated rings. The van der Waals surface area contributed by atoms with Crippen LogP contribution in [0.1, 0.15) is 24.1 Å². The Hall–Kier alpha value is -2.14. The molecule has 4 rings (SSSR count). The van der Waals surface area contributed by atoms with E-state index in [2.05, 4.69) is 4.98 Å². The molecule has 1 atom stereocenters. The maximum absolute atomic E-state index is 13.7. The molecule has 0 saturated heterocycles. The minimum absolute atomic E-state index is 0.188. The fourth-order valence-electron chi connectivity index (χ4n) is 3.09. The molecule has 2 aromatic heterocycles. The Morgan fingerprint density at radius 1 is 1.40 bits per heavy atom. The molecule has 1 aliphatic rings. The Morgan fingerprint density at radius 2 is 2.30 bits per heavy atom. The Balaban J connectivity index is 1.99. The van der Waals surface area contributed by atoms with E-state index in [4.69, 9.17) is 4.42 Å². The second-order valence-electron chi connectivity index (χ2n) is 5.20. The largest absolute Gasteiger partial charge is 0.461 e. The van der Waals surface area contributed by atoms with Gasteiger partial charge in [-0.1, -0.05) is 12.1 Å². The van der Waals surface area contributed by atoms with Crippen molar-refractivity contribution in [1.29, 1.82) is 0 Å². The molecule has 5 heteroatoms. The summed E-state index contributed by atoms with van der Waals surface area (Å²) in [6, 6.07) is 4.75. The number of hydrogen-bond donors (Lipinski definition) is 1. The van der Waals surface area contributed by atoms with Crippen LogP contribution in [0.3, 0.4) is 0 Å². The third-order valence-electron chi connectivity index (χ3n) is 4.07. The molecule has 1 aromatic carbocycles. The van der Waals surface area contributed by atoms with Crippen LogP contribution in [-0.2, 0) is 12.1 Å². The summed E-state index contributed by atoms with van der Waals surface area (Å²) in [5.74, 6) is -0.415. The maximum atomic E-state index is 13.7. The van der Waals surface area contributed by atoms with Crippen molar-refractivity contribution in [3.63, 3.8) is 0 Å². The van der Waals surface area contributed by atoms with Crippen LogP contribution in [0.2, 0.25) is 0 Å². The minimum atomic E-state index is -1.17. The SMILES string of the molecule is OC1(c2coc3c(F)cccc23)CCCn2cncc21. The fraction of sp³-hybridized carbons (Fsp3) is 0.267. The third-order valence-corrected chi connectivity index (χ3v) is 4.07. The van der Waals surface area contributed by atoms with E-state index < -0.39 is 11.4 Å². The summed E-state index contributed by atoms with van der Waals surface area (Å²) >= 11 is 0. The normalized spacial score (nSPS) is 22.1. The van der Waals surface area contributed by atoms with Crippen molar-refractivity contribution in [2.75, 3.05) is 0 Å². The summed E-state index contributed by atoms with van der Waals surface area (Å²) in [6.45, 7) is 0.835. The van der Waals surface area contributed by atoms with Gasteiger partial charge in [0.05, 0.1) is 24.5 Å². The number of rotatable bonds is 1. The first-order valence-corrected chi connectivity index (χ1v) is 6.59. The van der Waals surface area contributed by atoms with Gasteiger partial charge >= 0.3 is 0 Å². The summed E-state index contributed by atoms with van der Waals surface area (Å²) in [5.41, 5.74) is 0.352. The Labute approximate surface area is 114 Å². The Morgan fingerprint density at radius 3 is 3.20 bits per heavy atom. The van der Waals surface area contributed by atoms with Crippen LogP contribution in [0.15, 0.2) is 41.4 Å². The first kappa shape index (κ1) is 11.7. The lowest BCUT2D eigenvalue weighted by Crippen LogP contribution is -2.33. The molecule has 0 amide bonds. The highest BCUT2D eigenvalue weighted by atomic mass is 19.1. The van der Waals surface area contributed by atoms with E-state index in [9.17, 15) is 9.50 Å². The van der Waals surface area contributed by atoms with Gasteiger partial charge in [-0.25, -0.2) is 9.37 Å². The molecule has 20 heavy (non-hydrogen) atoms. The van der Waals surface area contributed by atoms with Crippen molar-refractivity contribution in [1.82, 2.24) is 9.55 Å². The van der Waals surface area contributed by atoms with E-state index >= 15 is 0 Å². The zero-order valence-electron chi connectivity index (χ0n) is 10.7. The van der Waals surface area contributed by atoms with Crippen molar-refractivity contribution in [3.8, 4) is 0 Å². The van der Waals surface area contributed by atoms with Crippen LogP contribution in [0.5, 0.6) is 0 Å². The zero-order chi connectivity index (χ0) is 13.7. The lowest BCUT2D eigenvalue weighted by molar-refractivity contribution is 0.0475. The molecule has 0 bridgehead atoms. The monoisotopic (exact) mass is 272 g/mol. The van der Waals surface area contributed by atoms with Crippen LogP contribution < -0.4 is 0 Å². The summed E-state index contributed by atoms with van der Waals surface area (Å²) in [5, 5.41) is 11.7. The van der Waals surface area contributed by atoms with Gasteiger partial charge in [-0.2, -0.15) is 0 Å². The lowest BCUT2D eigenvalue weighted by Gasteiger charge is -2.32. The number of aromatic nitrogens is 2. The average molecular weight is 272 g/mol. The Bertz CT molecular complexity index is 792. The fourth-order valence-corrected chi connectivity index (χ4v) is 3.09. The van der Waals surface area contributed by atoms with Gasteiger partial charge < -0.3 is 14.1 Å². The van der Waals surface area contributed by atoms with Crippen molar-refractivity contribution in [3.05, 3.63) is 54.1 Å². The lowest BCUT2D eigenvalue weighted by atomic mass is 9.84. The van der Waals surface area contributed by atoms with E-state index in [0.29, 0.717) is 17.4 Å². The number of benzene rings is 1. The summed E-state index contributed by atoms with van der Waals surface area (Å²) < 4.78 is 21.0. The number of hydrogen-bond acceptors (Lipinski definition) is 3. The minimum Gasteiger partial charge on any atom is -0.461 e. The molecule has 0 spiro atoms. The van der Waals surface area contributed by atoms with Crippen LogP contribution in [0.4, 0.5) is 4.39 Å². The first-order chi connectivity index (χ1) is 9.70. The van der Waals surface area contributed by atoms with E-state index in [1.807, 2.05) is 4.57 Å². The van der Waals surface area contributed by atoms with Gasteiger partial charge in [-0.3, -0.25) is 0 Å². The van der Waals surface area contributed by atoms with E-state index in [-0.39, 0.29) is 5.58 Å². The predicted octanol–water partition coefficient (Wildman–Crippen LogP) is 2.80. The van der Waals surface area contributed by atoms with Gasteiger partial charge in [0, 0.05) is 17.5 Å². The van der Waals surface area contributed by atoms with Gasteiger partial charge in [0.15, 0.2) is 11.4 Å². The first-order valence-electron chi connectivity index (χ1n) is 6.59. The molecule has 0 radical (unpaired) electrons. The van der Waals surface area contributed by atoms with Gasteiger partial charge in [0.1, 0.15) is 5.60 Å². The van der Waals surface area contributed by atoms with Crippen LogP contribution in [0, 0.1) is 5.82 Å². The summed E-state index contributed by atoms with van der Waals surface area (Å²) in [7, 11) is 0. The highest BCUT2D eigenvalue weighted by Crippen LogP contribution is 2.41. The van der Waals surface area contributed by atoms with Gasteiger partial charge in [-0.15, -0.1) is 0 Å². The third kappa shape index (κ3) is 1.41. The molecule has 1 N–H and O–H groups in total. The van der Waals surface area contributed by atoms with Crippen LogP contribution in [0.25, 0.3) is 11.0 Å². The second-order valence-corrected chi connectivity index (χ2v) is 5.20. The molecule has 0 saturated carbocycles. The van der Waals surface area contributed by atoms with E-state index in [0.717, 1.165) is 18.7 Å². The summed E-state index contributed by atoms with van der Waals surface area (Å²) in [6.07, 6.45) is 6.24. The predicted molar refractivity (Wildman–Crippen MR) is 70.6 cm³/mol. The maximum Gasteiger partial charge on any atom is 0.169 e. The molecular formula is C15H13FN2O2. The van der Waals surface area contributed by atoms with Crippen molar-refractivity contribution < 1.29 is 13.9 Å². The van der Waals surface area contributed by atoms with Crippen LogP contribution >= 0.6 is 0 Å². The van der Waals surface area contributed by atoms with Gasteiger partial charge in [0.25, 0.3) is 0 Å². The number of furan rings is 1. The number of aliphatic hydroxyl groups is 1. The molecule has 3 aromatic rings. The van der Waals surface area contributed by atoms with E-state index in [1.54, 1.807) is 24.7 Å². The number of para-hydroxylation sites is 1. The van der Waals surface area contributed by atoms with Gasteiger partial charge in [-0.05, 0) is 18.9 Å². The summed E-state index contributed by atoms with van der Waals surface area (Å²) in [4.78, 5) is 4.11. The highest BCUT2D eigenvalue weighted by Gasteiger charge is 2.39. The molecule has 1 aliphatic heterocycles.